The first kappa shape index (κ1) is 22.7. The number of carbonyl (C=O) groups is 1. The van der Waals surface area contributed by atoms with Crippen LogP contribution in [0.4, 0.5) is 5.69 Å². The fourth-order valence-electron chi connectivity index (χ4n) is 4.05. The van der Waals surface area contributed by atoms with Gasteiger partial charge in [0.15, 0.2) is 11.5 Å². The molecule has 1 saturated heterocycles. The van der Waals surface area contributed by atoms with Crippen LogP contribution >= 0.6 is 0 Å². The monoisotopic (exact) mass is 419 g/mol. The van der Waals surface area contributed by atoms with E-state index in [0.717, 1.165) is 44.5 Å². The fourth-order valence-corrected chi connectivity index (χ4v) is 4.05. The van der Waals surface area contributed by atoms with Gasteiger partial charge in [-0.2, -0.15) is 0 Å². The lowest BCUT2D eigenvalue weighted by Gasteiger charge is -2.36. The van der Waals surface area contributed by atoms with Crippen LogP contribution in [0.15, 0.2) is 12.1 Å². The van der Waals surface area contributed by atoms with Crippen LogP contribution in [-0.4, -0.2) is 67.5 Å². The smallest absolute Gasteiger partial charge is 0.255 e. The first-order chi connectivity index (χ1) is 14.5. The van der Waals surface area contributed by atoms with Crippen LogP contribution in [0.1, 0.15) is 56.8 Å². The van der Waals surface area contributed by atoms with Gasteiger partial charge in [-0.05, 0) is 45.8 Å². The molecule has 1 aromatic carbocycles. The molecular weight excluding hydrogens is 382 g/mol. The third kappa shape index (κ3) is 6.01. The van der Waals surface area contributed by atoms with E-state index in [2.05, 4.69) is 36.3 Å². The van der Waals surface area contributed by atoms with Crippen LogP contribution in [0, 0.1) is 5.92 Å². The van der Waals surface area contributed by atoms with Gasteiger partial charge in [-0.1, -0.05) is 13.3 Å². The van der Waals surface area contributed by atoms with Crippen LogP contribution in [0.3, 0.4) is 0 Å². The Morgan fingerprint density at radius 1 is 1.30 bits per heavy atom. The largest absolute Gasteiger partial charge is 0.489 e. The predicted molar refractivity (Wildman–Crippen MR) is 119 cm³/mol. The zero-order valence-electron chi connectivity index (χ0n) is 18.6. The van der Waals surface area contributed by atoms with E-state index in [4.69, 9.17) is 9.47 Å². The molecule has 168 valence electrons. The van der Waals surface area contributed by atoms with Gasteiger partial charge in [-0.3, -0.25) is 4.79 Å². The summed E-state index contributed by atoms with van der Waals surface area (Å²) in [7, 11) is 0. The molecule has 7 nitrogen and oxygen atoms in total. The third-order valence-corrected chi connectivity index (χ3v) is 5.71. The number of hydrogen-bond acceptors (Lipinski definition) is 6. The Kier molecular flexibility index (Phi) is 8.22. The Hall–Kier alpha value is -1.99. The lowest BCUT2D eigenvalue weighted by atomic mass is 9.93. The van der Waals surface area contributed by atoms with Crippen molar-refractivity contribution in [2.45, 2.75) is 58.6 Å². The minimum atomic E-state index is -0.415. The summed E-state index contributed by atoms with van der Waals surface area (Å²) in [5.74, 6) is 0.992. The van der Waals surface area contributed by atoms with Crippen LogP contribution in [-0.2, 0) is 0 Å². The molecule has 7 heteroatoms. The average Bonchev–Trinajstić information content (AvgIpc) is 2.95. The maximum atomic E-state index is 13.1. The number of hydrogen-bond donors (Lipinski definition) is 3. The second-order valence-corrected chi connectivity index (χ2v) is 8.68. The number of nitrogens with one attached hydrogen (secondary N) is 2. The van der Waals surface area contributed by atoms with Crippen molar-refractivity contribution in [3.05, 3.63) is 17.7 Å². The van der Waals surface area contributed by atoms with E-state index in [1.807, 2.05) is 12.1 Å². The van der Waals surface area contributed by atoms with Gasteiger partial charge in [0, 0.05) is 43.2 Å². The van der Waals surface area contributed by atoms with Gasteiger partial charge in [-0.25, -0.2) is 0 Å². The number of ether oxygens (including phenoxy) is 2. The molecule has 3 rings (SSSR count). The van der Waals surface area contributed by atoms with Crippen molar-refractivity contribution in [3.63, 3.8) is 0 Å². The zero-order valence-corrected chi connectivity index (χ0v) is 18.6. The van der Waals surface area contributed by atoms with Gasteiger partial charge in [0.05, 0.1) is 24.9 Å². The number of carbonyl (C=O) groups excluding carboxylic acids is 1. The van der Waals surface area contributed by atoms with E-state index in [9.17, 15) is 9.90 Å². The minimum absolute atomic E-state index is 0.0690. The van der Waals surface area contributed by atoms with Gasteiger partial charge in [-0.15, -0.1) is 0 Å². The molecule has 3 N–H and O–H groups in total. The Labute approximate surface area is 180 Å². The molecule has 2 atom stereocenters. The van der Waals surface area contributed by atoms with Gasteiger partial charge in [0.25, 0.3) is 5.91 Å². The molecule has 0 aliphatic carbocycles. The molecule has 1 aromatic rings. The quantitative estimate of drug-likeness (QED) is 0.601. The average molecular weight is 420 g/mol. The molecule has 2 aliphatic rings. The maximum Gasteiger partial charge on any atom is 0.255 e. The topological polar surface area (TPSA) is 83.1 Å². The van der Waals surface area contributed by atoms with Crippen molar-refractivity contribution in [3.8, 4) is 11.5 Å². The Balaban J connectivity index is 1.66. The summed E-state index contributed by atoms with van der Waals surface area (Å²) >= 11 is 0. The second-order valence-electron chi connectivity index (χ2n) is 8.68. The summed E-state index contributed by atoms with van der Waals surface area (Å²) in [5, 5.41) is 16.9. The summed E-state index contributed by atoms with van der Waals surface area (Å²) in [6.07, 6.45) is 3.57. The molecule has 2 aliphatic heterocycles. The van der Waals surface area contributed by atoms with Gasteiger partial charge < -0.3 is 30.1 Å². The van der Waals surface area contributed by atoms with Crippen LogP contribution in [0.2, 0.25) is 0 Å². The molecule has 1 fully saturated rings. The summed E-state index contributed by atoms with van der Waals surface area (Å²) < 4.78 is 11.7. The maximum absolute atomic E-state index is 13.1. The van der Waals surface area contributed by atoms with E-state index >= 15 is 0 Å². The number of benzene rings is 1. The van der Waals surface area contributed by atoms with E-state index < -0.39 is 6.10 Å². The molecule has 0 bridgehead atoms. The molecule has 1 unspecified atom stereocenters. The number of aliphatic hydroxyl groups excluding tert-OH is 1. The van der Waals surface area contributed by atoms with Crippen LogP contribution < -0.4 is 20.1 Å². The summed E-state index contributed by atoms with van der Waals surface area (Å²) in [5.41, 5.74) is 1.32. The highest BCUT2D eigenvalue weighted by atomic mass is 16.5. The molecule has 0 spiro atoms. The molecule has 0 saturated carbocycles. The SMILES string of the molecule is CCCCN1CC[C@@H](CNC(=O)c2cc(NC(C)C)cc3c2OCCCO3)C(O)C1. The van der Waals surface area contributed by atoms with Crippen molar-refractivity contribution in [2.24, 2.45) is 5.92 Å². The van der Waals surface area contributed by atoms with E-state index in [1.165, 1.54) is 0 Å². The Bertz CT molecular complexity index is 710. The molecular formula is C23H37N3O4. The normalized spacial score (nSPS) is 21.9. The number of nitrogens with zero attached hydrogens (tertiary/aromatic N) is 1. The number of piperidine rings is 1. The molecule has 30 heavy (non-hydrogen) atoms. The van der Waals surface area contributed by atoms with Crippen molar-refractivity contribution < 1.29 is 19.4 Å². The van der Waals surface area contributed by atoms with E-state index in [0.29, 0.717) is 43.4 Å². The summed E-state index contributed by atoms with van der Waals surface area (Å²) in [6, 6.07) is 3.96. The Morgan fingerprint density at radius 3 is 2.83 bits per heavy atom. The Morgan fingerprint density at radius 2 is 2.10 bits per heavy atom. The van der Waals surface area contributed by atoms with Crippen LogP contribution in [0.5, 0.6) is 11.5 Å². The van der Waals surface area contributed by atoms with Gasteiger partial charge in [0.2, 0.25) is 0 Å². The van der Waals surface area contributed by atoms with E-state index in [1.54, 1.807) is 0 Å². The highest BCUT2D eigenvalue weighted by Crippen LogP contribution is 2.37. The highest BCUT2D eigenvalue weighted by Gasteiger charge is 2.28. The zero-order chi connectivity index (χ0) is 21.5. The number of anilines is 1. The van der Waals surface area contributed by atoms with Gasteiger partial charge in [0.1, 0.15) is 0 Å². The highest BCUT2D eigenvalue weighted by molar-refractivity contribution is 5.99. The predicted octanol–water partition coefficient (Wildman–Crippen LogP) is 2.88. The number of amides is 1. The van der Waals surface area contributed by atoms with Crippen molar-refractivity contribution >= 4 is 11.6 Å². The van der Waals surface area contributed by atoms with Crippen molar-refractivity contribution in [2.75, 3.05) is 44.7 Å². The van der Waals surface area contributed by atoms with Crippen molar-refractivity contribution in [1.29, 1.82) is 0 Å². The molecule has 2 heterocycles. The lowest BCUT2D eigenvalue weighted by molar-refractivity contribution is 0.0217. The fraction of sp³-hybridized carbons (Fsp3) is 0.696. The number of fused-ring (bicyclic) bond motifs is 1. The molecule has 0 radical (unpaired) electrons. The first-order valence-electron chi connectivity index (χ1n) is 11.4. The van der Waals surface area contributed by atoms with E-state index in [-0.39, 0.29) is 17.9 Å². The number of rotatable bonds is 8. The number of unbranched alkanes of at least 4 members (excludes halogenated alkanes) is 1. The number of β-amino-alcohol motifs (C(OH)–C–C–N with tert-alkyl or cyclic N) is 1. The van der Waals surface area contributed by atoms with Crippen molar-refractivity contribution in [1.82, 2.24) is 10.2 Å². The van der Waals surface area contributed by atoms with Gasteiger partial charge >= 0.3 is 0 Å². The third-order valence-electron chi connectivity index (χ3n) is 5.71. The molecule has 0 aromatic heterocycles. The first-order valence-corrected chi connectivity index (χ1v) is 11.4. The van der Waals surface area contributed by atoms with Crippen LogP contribution in [0.25, 0.3) is 0 Å². The standard InChI is InChI=1S/C23H37N3O4/c1-4-5-8-26-9-7-17(20(27)15-26)14-24-23(28)19-12-18(25-16(2)3)13-21-22(19)30-11-6-10-29-21/h12-13,16-17,20,25,27H,4-11,14-15H2,1-3H3,(H,24,28)/t17-,20?/m0/s1. The summed E-state index contributed by atoms with van der Waals surface area (Å²) in [6.45, 7) is 10.5. The molecule has 1 amide bonds. The summed E-state index contributed by atoms with van der Waals surface area (Å²) in [4.78, 5) is 15.4. The number of aliphatic hydroxyl groups is 1. The number of likely N-dealkylation sites (tertiary alicyclic amines) is 1. The minimum Gasteiger partial charge on any atom is -0.489 e. The second kappa shape index (κ2) is 10.9. The lowest BCUT2D eigenvalue weighted by Crippen LogP contribution is -2.47.